The Balaban J connectivity index is 0.00000171. The lowest BCUT2D eigenvalue weighted by Crippen LogP contribution is -2.76. The number of nitrogens with one attached hydrogen (secondary N) is 2. The van der Waals surface area contributed by atoms with Crippen LogP contribution in [0.4, 0.5) is 22.8 Å². The number of likely N-dealkylation sites (tertiary alicyclic amines) is 2. The van der Waals surface area contributed by atoms with Crippen LogP contribution in [0.3, 0.4) is 0 Å². The van der Waals surface area contributed by atoms with Crippen molar-refractivity contribution < 1.29 is 38.8 Å². The van der Waals surface area contributed by atoms with E-state index in [-0.39, 0.29) is 20.3 Å². The molecule has 3 saturated heterocycles. The first-order chi connectivity index (χ1) is 15.4. The van der Waals surface area contributed by atoms with E-state index in [2.05, 4.69) is 10.0 Å². The minimum absolute atomic E-state index is 0. The SMILES string of the molecule is O=C1NC2(CCO1)CN(C(=O)N1CC3(CC(NS(=O)(=O)c4cccc(C(F)(F)F)c4)C3)C1)C2.[HH].[HH]. The number of nitrogens with zero attached hydrogens (tertiary/aromatic N) is 2. The van der Waals surface area contributed by atoms with Crippen molar-refractivity contribution in [1.82, 2.24) is 19.8 Å². The number of urea groups is 1. The molecule has 0 atom stereocenters. The summed E-state index contributed by atoms with van der Waals surface area (Å²) >= 11 is 0. The van der Waals surface area contributed by atoms with Crippen molar-refractivity contribution in [1.29, 1.82) is 0 Å². The predicted octanol–water partition coefficient (Wildman–Crippen LogP) is 2.24. The van der Waals surface area contributed by atoms with Gasteiger partial charge in [0.15, 0.2) is 0 Å². The zero-order valence-electron chi connectivity index (χ0n) is 17.5. The summed E-state index contributed by atoms with van der Waals surface area (Å²) in [7, 11) is -4.08. The standard InChI is InChI=1S/C20H23F3N4O5S.2H2/c21-20(22,23)13-2-1-3-15(6-13)33(30,31)25-14-7-18(8-14)9-26(10-18)17(29)27-11-19(12-27)4-5-32-16(28)24-19;;/h1-3,6,14,25H,4-5,7-12H2,(H,24,28);2*1H. The molecule has 0 aromatic heterocycles. The van der Waals surface area contributed by atoms with Gasteiger partial charge in [0.2, 0.25) is 10.0 Å². The van der Waals surface area contributed by atoms with Crippen LogP contribution >= 0.6 is 0 Å². The van der Waals surface area contributed by atoms with E-state index in [0.29, 0.717) is 58.1 Å². The minimum Gasteiger partial charge on any atom is -0.449 e. The third-order valence-corrected chi connectivity index (χ3v) is 8.43. The molecule has 3 aliphatic heterocycles. The molecule has 1 aromatic carbocycles. The lowest BCUT2D eigenvalue weighted by molar-refractivity contribution is -0.137. The van der Waals surface area contributed by atoms with Crippen LogP contribution in [-0.2, 0) is 20.9 Å². The normalized spacial score (nSPS) is 23.9. The molecule has 9 nitrogen and oxygen atoms in total. The van der Waals surface area contributed by atoms with Gasteiger partial charge in [0, 0.05) is 46.9 Å². The summed E-state index contributed by atoms with van der Waals surface area (Å²) in [4.78, 5) is 27.0. The van der Waals surface area contributed by atoms with Gasteiger partial charge in [-0.05, 0) is 31.0 Å². The summed E-state index contributed by atoms with van der Waals surface area (Å²) in [6.07, 6.45) is -3.40. The summed E-state index contributed by atoms with van der Waals surface area (Å²) in [5.41, 5.74) is -1.58. The van der Waals surface area contributed by atoms with E-state index in [9.17, 15) is 31.2 Å². The van der Waals surface area contributed by atoms with E-state index in [1.165, 1.54) is 0 Å². The van der Waals surface area contributed by atoms with Crippen LogP contribution in [0.25, 0.3) is 0 Å². The maximum Gasteiger partial charge on any atom is 0.416 e. The van der Waals surface area contributed by atoms with Crippen molar-refractivity contribution in [2.45, 2.75) is 41.9 Å². The molecule has 184 valence electrons. The fraction of sp³-hybridized carbons (Fsp3) is 0.600. The maximum atomic E-state index is 12.9. The highest BCUT2D eigenvalue weighted by atomic mass is 32.2. The molecular formula is C20H27F3N4O5S. The van der Waals surface area contributed by atoms with E-state index in [1.807, 2.05) is 0 Å². The molecule has 1 aliphatic carbocycles. The van der Waals surface area contributed by atoms with Crippen molar-refractivity contribution in [2.24, 2.45) is 5.41 Å². The molecule has 3 heterocycles. The Kier molecular flexibility index (Phi) is 4.88. The van der Waals surface area contributed by atoms with E-state index in [4.69, 9.17) is 4.74 Å². The summed E-state index contributed by atoms with van der Waals surface area (Å²) < 4.78 is 71.0. The predicted molar refractivity (Wildman–Crippen MR) is 112 cm³/mol. The van der Waals surface area contributed by atoms with Crippen LogP contribution in [0.15, 0.2) is 29.2 Å². The van der Waals surface area contributed by atoms with Crippen molar-refractivity contribution in [2.75, 3.05) is 32.8 Å². The van der Waals surface area contributed by atoms with Crippen molar-refractivity contribution in [3.8, 4) is 0 Å². The molecule has 1 aromatic rings. The number of sulfonamides is 1. The molecule has 1 saturated carbocycles. The molecule has 0 radical (unpaired) electrons. The largest absolute Gasteiger partial charge is 0.449 e. The first-order valence-electron chi connectivity index (χ1n) is 10.6. The summed E-state index contributed by atoms with van der Waals surface area (Å²) in [6, 6.07) is 3.16. The quantitative estimate of drug-likeness (QED) is 0.673. The average molecular weight is 493 g/mol. The van der Waals surface area contributed by atoms with Gasteiger partial charge in [-0.2, -0.15) is 13.2 Å². The van der Waals surface area contributed by atoms with E-state index in [1.54, 1.807) is 9.80 Å². The first kappa shape index (κ1) is 22.3. The lowest BCUT2D eigenvalue weighted by atomic mass is 9.61. The van der Waals surface area contributed by atoms with Gasteiger partial charge in [0.1, 0.15) is 0 Å². The number of halogens is 3. The molecule has 0 bridgehead atoms. The third kappa shape index (κ3) is 4.01. The Morgan fingerprint density at radius 3 is 2.48 bits per heavy atom. The summed E-state index contributed by atoms with van der Waals surface area (Å²) in [5, 5.41) is 2.78. The van der Waals surface area contributed by atoms with Crippen LogP contribution < -0.4 is 10.0 Å². The Bertz CT molecular complexity index is 1100. The topological polar surface area (TPSA) is 108 Å². The van der Waals surface area contributed by atoms with Crippen LogP contribution in [0.1, 0.15) is 27.7 Å². The third-order valence-electron chi connectivity index (χ3n) is 6.91. The number of rotatable bonds is 3. The second-order valence-corrected chi connectivity index (χ2v) is 11.3. The second-order valence-electron chi connectivity index (χ2n) is 9.54. The van der Waals surface area contributed by atoms with Crippen molar-refractivity contribution >= 4 is 22.1 Å². The summed E-state index contributed by atoms with van der Waals surface area (Å²) in [6.45, 7) is 2.21. The molecule has 2 spiro atoms. The fourth-order valence-corrected chi connectivity index (χ4v) is 6.55. The number of ether oxygens (including phenoxy) is 1. The number of carbonyl (C=O) groups is 2. The van der Waals surface area contributed by atoms with E-state index >= 15 is 0 Å². The zero-order valence-corrected chi connectivity index (χ0v) is 18.3. The first-order valence-corrected chi connectivity index (χ1v) is 12.1. The minimum atomic E-state index is -4.62. The number of cyclic esters (lactones) is 1. The van der Waals surface area contributed by atoms with Gasteiger partial charge < -0.3 is 19.9 Å². The fourth-order valence-electron chi connectivity index (χ4n) is 5.26. The Labute approximate surface area is 191 Å². The zero-order chi connectivity index (χ0) is 23.6. The van der Waals surface area contributed by atoms with Gasteiger partial charge in [0.05, 0.1) is 22.6 Å². The van der Waals surface area contributed by atoms with Crippen LogP contribution in [-0.4, -0.2) is 74.7 Å². The van der Waals surface area contributed by atoms with Gasteiger partial charge >= 0.3 is 18.3 Å². The number of alkyl halides is 3. The molecule has 2 N–H and O–H groups in total. The van der Waals surface area contributed by atoms with Crippen molar-refractivity contribution in [3.63, 3.8) is 0 Å². The average Bonchev–Trinajstić information content (AvgIpc) is 2.65. The molecular weight excluding hydrogens is 465 g/mol. The second kappa shape index (κ2) is 7.23. The molecule has 5 rings (SSSR count). The number of alkyl carbamates (subject to hydrolysis) is 1. The molecule has 33 heavy (non-hydrogen) atoms. The van der Waals surface area contributed by atoms with Gasteiger partial charge in [-0.3, -0.25) is 0 Å². The Hall–Kier alpha value is -2.54. The number of hydrogen-bond acceptors (Lipinski definition) is 5. The number of amides is 3. The van der Waals surface area contributed by atoms with Gasteiger partial charge in [0.25, 0.3) is 0 Å². The molecule has 4 aliphatic rings. The number of hydrogen-bond donors (Lipinski definition) is 2. The Morgan fingerprint density at radius 1 is 1.18 bits per heavy atom. The monoisotopic (exact) mass is 492 g/mol. The van der Waals surface area contributed by atoms with Crippen molar-refractivity contribution in [3.05, 3.63) is 29.8 Å². The van der Waals surface area contributed by atoms with Gasteiger partial charge in [-0.1, -0.05) is 6.07 Å². The van der Waals surface area contributed by atoms with E-state index < -0.39 is 38.3 Å². The van der Waals surface area contributed by atoms with Crippen LogP contribution in [0, 0.1) is 5.41 Å². The highest BCUT2D eigenvalue weighted by molar-refractivity contribution is 7.89. The molecule has 4 fully saturated rings. The van der Waals surface area contributed by atoms with E-state index in [0.717, 1.165) is 18.2 Å². The number of carbonyl (C=O) groups excluding carboxylic acids is 2. The molecule has 13 heteroatoms. The Morgan fingerprint density at radius 2 is 1.85 bits per heavy atom. The van der Waals surface area contributed by atoms with Crippen LogP contribution in [0.5, 0.6) is 0 Å². The number of benzene rings is 1. The van der Waals surface area contributed by atoms with Gasteiger partial charge in [-0.25, -0.2) is 22.7 Å². The van der Waals surface area contributed by atoms with Gasteiger partial charge in [-0.15, -0.1) is 0 Å². The van der Waals surface area contributed by atoms with Crippen LogP contribution in [0.2, 0.25) is 0 Å². The molecule has 0 unspecified atom stereocenters. The smallest absolute Gasteiger partial charge is 0.416 e. The molecule has 3 amide bonds. The lowest BCUT2D eigenvalue weighted by Gasteiger charge is -2.61. The summed E-state index contributed by atoms with van der Waals surface area (Å²) in [5.74, 6) is 0. The highest BCUT2D eigenvalue weighted by Crippen LogP contribution is 2.49. The maximum absolute atomic E-state index is 12.9. The highest BCUT2D eigenvalue weighted by Gasteiger charge is 2.57.